The van der Waals surface area contributed by atoms with E-state index in [9.17, 15) is 19.7 Å². The SMILES string of the molecule is COc1ccc([N+](=O)[O-])cc1C(=O)OCc1cc(=O)oc2cc(C)ccc12. The molecular formula is C19H15NO7. The molecule has 0 bridgehead atoms. The Kier molecular flexibility index (Phi) is 4.89. The minimum Gasteiger partial charge on any atom is -0.496 e. The molecule has 2 aromatic carbocycles. The highest BCUT2D eigenvalue weighted by molar-refractivity contribution is 5.93. The summed E-state index contributed by atoms with van der Waals surface area (Å²) in [6.07, 6.45) is 0. The zero-order chi connectivity index (χ0) is 19.6. The number of rotatable bonds is 5. The van der Waals surface area contributed by atoms with Crippen molar-refractivity contribution >= 4 is 22.6 Å². The molecule has 0 atom stereocenters. The molecule has 0 aliphatic heterocycles. The van der Waals surface area contributed by atoms with E-state index in [0.717, 1.165) is 11.6 Å². The molecule has 0 fully saturated rings. The van der Waals surface area contributed by atoms with Gasteiger partial charge in [0, 0.05) is 29.1 Å². The van der Waals surface area contributed by atoms with Gasteiger partial charge in [0.15, 0.2) is 0 Å². The molecule has 0 saturated heterocycles. The van der Waals surface area contributed by atoms with Crippen LogP contribution in [-0.2, 0) is 11.3 Å². The third-order valence-corrected chi connectivity index (χ3v) is 3.96. The molecule has 0 aliphatic rings. The van der Waals surface area contributed by atoms with Crippen molar-refractivity contribution in [2.75, 3.05) is 7.11 Å². The van der Waals surface area contributed by atoms with Crippen LogP contribution in [0.4, 0.5) is 5.69 Å². The first kappa shape index (κ1) is 18.1. The van der Waals surface area contributed by atoms with Crippen LogP contribution in [0.2, 0.25) is 0 Å². The number of nitro groups is 1. The normalized spacial score (nSPS) is 10.6. The lowest BCUT2D eigenvalue weighted by molar-refractivity contribution is -0.384. The van der Waals surface area contributed by atoms with Crippen LogP contribution in [0.1, 0.15) is 21.5 Å². The van der Waals surface area contributed by atoms with E-state index in [0.29, 0.717) is 16.5 Å². The third-order valence-electron chi connectivity index (χ3n) is 3.96. The highest BCUT2D eigenvalue weighted by Crippen LogP contribution is 2.26. The van der Waals surface area contributed by atoms with Crippen molar-refractivity contribution in [2.24, 2.45) is 0 Å². The molecule has 27 heavy (non-hydrogen) atoms. The van der Waals surface area contributed by atoms with Crippen LogP contribution in [0.25, 0.3) is 11.0 Å². The Morgan fingerprint density at radius 3 is 2.67 bits per heavy atom. The number of non-ortho nitro benzene ring substituents is 1. The number of hydrogen-bond acceptors (Lipinski definition) is 7. The van der Waals surface area contributed by atoms with E-state index < -0.39 is 16.5 Å². The summed E-state index contributed by atoms with van der Waals surface area (Å²) in [6.45, 7) is 1.66. The number of carbonyl (C=O) groups is 1. The number of ether oxygens (including phenoxy) is 2. The van der Waals surface area contributed by atoms with Gasteiger partial charge in [-0.25, -0.2) is 9.59 Å². The summed E-state index contributed by atoms with van der Waals surface area (Å²) in [5, 5.41) is 11.6. The minimum atomic E-state index is -0.802. The maximum absolute atomic E-state index is 12.4. The summed E-state index contributed by atoms with van der Waals surface area (Å²) in [5.74, 6) is -0.650. The first-order valence-corrected chi connectivity index (χ1v) is 7.92. The zero-order valence-electron chi connectivity index (χ0n) is 14.6. The maximum atomic E-state index is 12.4. The van der Waals surface area contributed by atoms with Gasteiger partial charge in [0.05, 0.1) is 12.0 Å². The lowest BCUT2D eigenvalue weighted by Crippen LogP contribution is -2.09. The summed E-state index contributed by atoms with van der Waals surface area (Å²) >= 11 is 0. The van der Waals surface area contributed by atoms with E-state index in [1.54, 1.807) is 12.1 Å². The Hall–Kier alpha value is -3.68. The number of carbonyl (C=O) groups excluding carboxylic acids is 1. The van der Waals surface area contributed by atoms with Gasteiger partial charge in [-0.15, -0.1) is 0 Å². The number of fused-ring (bicyclic) bond motifs is 1. The van der Waals surface area contributed by atoms with Gasteiger partial charge >= 0.3 is 11.6 Å². The number of aryl methyl sites for hydroxylation is 1. The monoisotopic (exact) mass is 369 g/mol. The quantitative estimate of drug-likeness (QED) is 0.293. The van der Waals surface area contributed by atoms with Gasteiger partial charge in [-0.3, -0.25) is 10.1 Å². The van der Waals surface area contributed by atoms with Gasteiger partial charge < -0.3 is 13.9 Å². The molecule has 0 radical (unpaired) electrons. The van der Waals surface area contributed by atoms with Crippen molar-refractivity contribution in [3.63, 3.8) is 0 Å². The van der Waals surface area contributed by atoms with Gasteiger partial charge in [-0.05, 0) is 24.6 Å². The summed E-state index contributed by atoms with van der Waals surface area (Å²) < 4.78 is 15.5. The molecule has 1 heterocycles. The molecule has 3 rings (SSSR count). The Morgan fingerprint density at radius 1 is 1.19 bits per heavy atom. The first-order chi connectivity index (χ1) is 12.9. The molecule has 0 saturated carbocycles. The van der Waals surface area contributed by atoms with E-state index in [4.69, 9.17) is 13.9 Å². The molecule has 0 unspecified atom stereocenters. The number of hydrogen-bond donors (Lipinski definition) is 0. The molecule has 0 amide bonds. The van der Waals surface area contributed by atoms with Crippen LogP contribution >= 0.6 is 0 Å². The standard InChI is InChI=1S/C19H15NO7/c1-11-3-5-14-12(8-18(21)27-17(14)7-11)10-26-19(22)15-9-13(20(23)24)4-6-16(15)25-2/h3-9H,10H2,1-2H3. The van der Waals surface area contributed by atoms with Crippen molar-refractivity contribution in [3.8, 4) is 5.75 Å². The maximum Gasteiger partial charge on any atom is 0.342 e. The highest BCUT2D eigenvalue weighted by atomic mass is 16.6. The van der Waals surface area contributed by atoms with Gasteiger partial charge in [-0.2, -0.15) is 0 Å². The second kappa shape index (κ2) is 7.28. The number of nitro benzene ring substituents is 1. The van der Waals surface area contributed by atoms with Gasteiger partial charge in [0.2, 0.25) is 0 Å². The lowest BCUT2D eigenvalue weighted by Gasteiger charge is -2.10. The van der Waals surface area contributed by atoms with Crippen LogP contribution in [0.5, 0.6) is 5.75 Å². The van der Waals surface area contributed by atoms with E-state index in [1.165, 1.54) is 25.3 Å². The fourth-order valence-corrected chi connectivity index (χ4v) is 2.65. The fraction of sp³-hybridized carbons (Fsp3) is 0.158. The van der Waals surface area contributed by atoms with Crippen molar-refractivity contribution in [2.45, 2.75) is 13.5 Å². The van der Waals surface area contributed by atoms with Crippen molar-refractivity contribution in [3.05, 3.63) is 79.7 Å². The minimum absolute atomic E-state index is 0.0742. The Bertz CT molecular complexity index is 1100. The molecule has 8 heteroatoms. The third kappa shape index (κ3) is 3.79. The topological polar surface area (TPSA) is 109 Å². The second-order valence-corrected chi connectivity index (χ2v) is 5.81. The van der Waals surface area contributed by atoms with E-state index in [1.807, 2.05) is 13.0 Å². The molecule has 1 aromatic heterocycles. The number of esters is 1. The number of methoxy groups -OCH3 is 1. The van der Waals surface area contributed by atoms with Crippen molar-refractivity contribution in [1.29, 1.82) is 0 Å². The lowest BCUT2D eigenvalue weighted by atomic mass is 10.1. The molecule has 0 spiro atoms. The van der Waals surface area contributed by atoms with E-state index in [2.05, 4.69) is 0 Å². The van der Waals surface area contributed by atoms with Crippen LogP contribution in [0, 0.1) is 17.0 Å². The summed E-state index contributed by atoms with van der Waals surface area (Å²) in [7, 11) is 1.34. The second-order valence-electron chi connectivity index (χ2n) is 5.81. The molecular weight excluding hydrogens is 354 g/mol. The van der Waals surface area contributed by atoms with Gasteiger partial charge in [-0.1, -0.05) is 12.1 Å². The fourth-order valence-electron chi connectivity index (χ4n) is 2.65. The molecule has 8 nitrogen and oxygen atoms in total. The Labute approximate surface area is 153 Å². The molecule has 138 valence electrons. The predicted molar refractivity (Wildman–Crippen MR) is 96.0 cm³/mol. The molecule has 0 N–H and O–H groups in total. The van der Waals surface area contributed by atoms with E-state index >= 15 is 0 Å². The van der Waals surface area contributed by atoms with Crippen LogP contribution in [-0.4, -0.2) is 18.0 Å². The number of nitrogens with zero attached hydrogens (tertiary/aromatic N) is 1. The summed E-state index contributed by atoms with van der Waals surface area (Å²) in [5.41, 5.74) is 0.882. The Balaban J connectivity index is 1.90. The Morgan fingerprint density at radius 2 is 1.96 bits per heavy atom. The smallest absolute Gasteiger partial charge is 0.342 e. The molecule has 3 aromatic rings. The first-order valence-electron chi connectivity index (χ1n) is 7.92. The van der Waals surface area contributed by atoms with Gasteiger partial charge in [0.25, 0.3) is 5.69 Å². The largest absolute Gasteiger partial charge is 0.496 e. The van der Waals surface area contributed by atoms with E-state index in [-0.39, 0.29) is 23.6 Å². The number of benzene rings is 2. The van der Waals surface area contributed by atoms with Crippen LogP contribution < -0.4 is 10.4 Å². The average molecular weight is 369 g/mol. The summed E-state index contributed by atoms with van der Waals surface area (Å²) in [4.78, 5) is 34.5. The average Bonchev–Trinajstić information content (AvgIpc) is 2.64. The van der Waals surface area contributed by atoms with Crippen molar-refractivity contribution in [1.82, 2.24) is 0 Å². The summed E-state index contributed by atoms with van der Waals surface area (Å²) in [6, 6.07) is 10.2. The van der Waals surface area contributed by atoms with Crippen LogP contribution in [0.3, 0.4) is 0 Å². The van der Waals surface area contributed by atoms with Gasteiger partial charge in [0.1, 0.15) is 23.5 Å². The van der Waals surface area contributed by atoms with Crippen LogP contribution in [0.15, 0.2) is 51.7 Å². The predicted octanol–water partition coefficient (Wildman–Crippen LogP) is 3.38. The van der Waals surface area contributed by atoms with Crippen molar-refractivity contribution < 1.29 is 23.6 Å². The molecule has 0 aliphatic carbocycles. The highest BCUT2D eigenvalue weighted by Gasteiger charge is 2.19. The zero-order valence-corrected chi connectivity index (χ0v) is 14.6.